The van der Waals surface area contributed by atoms with Crippen molar-refractivity contribution in [1.82, 2.24) is 4.90 Å². The maximum Gasteiger partial charge on any atom is 0.105 e. The molecule has 0 N–H and O–H groups in total. The Labute approximate surface area is 226 Å². The van der Waals surface area contributed by atoms with Crippen molar-refractivity contribution in [1.29, 1.82) is 0 Å². The lowest BCUT2D eigenvalue weighted by Crippen LogP contribution is -2.47. The molecule has 2 fully saturated rings. The molecule has 1 atom stereocenters. The maximum absolute atomic E-state index is 13.6. The summed E-state index contributed by atoms with van der Waals surface area (Å²) in [7, 11) is 0. The van der Waals surface area contributed by atoms with Gasteiger partial charge in [-0.05, 0) is 91.2 Å². The van der Waals surface area contributed by atoms with Crippen molar-refractivity contribution in [3.05, 3.63) is 69.5 Å². The Morgan fingerprint density at radius 2 is 1.49 bits per heavy atom. The van der Waals surface area contributed by atoms with E-state index >= 15 is 0 Å². The number of hydrogen-bond donors (Lipinski definition) is 0. The van der Waals surface area contributed by atoms with E-state index in [0.717, 1.165) is 64.8 Å². The van der Waals surface area contributed by atoms with Crippen LogP contribution in [-0.2, 0) is 13.1 Å². The molecule has 4 rings (SSSR count). The van der Waals surface area contributed by atoms with Crippen LogP contribution >= 0.6 is 0 Å². The lowest BCUT2D eigenvalue weighted by molar-refractivity contribution is -0.926. The zero-order chi connectivity index (χ0) is 26.3. The molecule has 2 aliphatic heterocycles. The van der Waals surface area contributed by atoms with E-state index in [1.165, 1.54) is 59.2 Å². The zero-order valence-electron chi connectivity index (χ0n) is 24.1. The van der Waals surface area contributed by atoms with Crippen molar-refractivity contribution in [2.24, 2.45) is 0 Å². The van der Waals surface area contributed by atoms with E-state index < -0.39 is 0 Å². The van der Waals surface area contributed by atoms with Gasteiger partial charge in [-0.25, -0.2) is 0 Å². The number of piperazine rings is 1. The van der Waals surface area contributed by atoms with Gasteiger partial charge in [-0.3, -0.25) is 4.90 Å². The quantitative estimate of drug-likeness (QED) is 0.184. The zero-order valence-corrected chi connectivity index (χ0v) is 24.1. The molecular formula is C33H51N3O. The summed E-state index contributed by atoms with van der Waals surface area (Å²) in [6.45, 7) is 15.7. The molecule has 0 aromatic heterocycles. The van der Waals surface area contributed by atoms with E-state index in [-0.39, 0.29) is 4.65 Å². The van der Waals surface area contributed by atoms with Crippen molar-refractivity contribution in [2.45, 2.75) is 105 Å². The van der Waals surface area contributed by atoms with Crippen LogP contribution in [0.1, 0.15) is 96.6 Å². The normalized spacial score (nSPS) is 23.9. The summed E-state index contributed by atoms with van der Waals surface area (Å²) in [5, 5.41) is 13.6. The molecule has 1 saturated carbocycles. The van der Waals surface area contributed by atoms with Gasteiger partial charge in [0.1, 0.15) is 13.1 Å². The second kappa shape index (κ2) is 13.3. The molecule has 37 heavy (non-hydrogen) atoms. The Hall–Kier alpha value is -1.88. The summed E-state index contributed by atoms with van der Waals surface area (Å²) in [6.07, 6.45) is 17.9. The topological polar surface area (TPSA) is 29.5 Å². The average Bonchev–Trinajstić information content (AvgIpc) is 3.25. The van der Waals surface area contributed by atoms with E-state index in [1.54, 1.807) is 0 Å². The van der Waals surface area contributed by atoms with Crippen molar-refractivity contribution in [3.8, 4) is 0 Å². The standard InChI is InChI=1S/C33H51N3O/c1-27(2)10-8-11-28(3)12-9-13-29(4)18-19-34-20-22-35(23-21-34)32-17-16-30-25-36(37,26-31(30)24-32)33-14-6-5-7-15-33/h10,12,16-18,24,33H,5-9,11,13-15,19-23,25-26H2,1-4H3/b28-12+,29-18+. The molecule has 204 valence electrons. The number of nitrogens with zero attached hydrogens (tertiary/aromatic N) is 3. The van der Waals surface area contributed by atoms with Gasteiger partial charge in [-0.2, -0.15) is 0 Å². The van der Waals surface area contributed by atoms with Crippen molar-refractivity contribution in [3.63, 3.8) is 0 Å². The smallest absolute Gasteiger partial charge is 0.105 e. The first-order valence-electron chi connectivity index (χ1n) is 14.9. The van der Waals surface area contributed by atoms with Gasteiger partial charge in [-0.15, -0.1) is 0 Å². The van der Waals surface area contributed by atoms with Gasteiger partial charge in [-0.1, -0.05) is 47.4 Å². The van der Waals surface area contributed by atoms with Crippen molar-refractivity contribution >= 4 is 5.69 Å². The number of fused-ring (bicyclic) bond motifs is 1. The number of quaternary nitrogens is 1. The molecule has 1 aromatic carbocycles. The minimum absolute atomic E-state index is 0.00348. The largest absolute Gasteiger partial charge is 0.632 e. The van der Waals surface area contributed by atoms with Crippen LogP contribution in [-0.4, -0.2) is 48.3 Å². The van der Waals surface area contributed by atoms with Gasteiger partial charge in [0.25, 0.3) is 0 Å². The second-order valence-corrected chi connectivity index (χ2v) is 12.3. The van der Waals surface area contributed by atoms with Crippen molar-refractivity contribution < 1.29 is 4.65 Å². The molecule has 0 spiro atoms. The number of hydrogen-bond acceptors (Lipinski definition) is 3. The average molecular weight is 506 g/mol. The highest BCUT2D eigenvalue weighted by Gasteiger charge is 2.36. The van der Waals surface area contributed by atoms with E-state index in [9.17, 15) is 5.21 Å². The highest BCUT2D eigenvalue weighted by molar-refractivity contribution is 5.52. The second-order valence-electron chi connectivity index (χ2n) is 12.3. The minimum atomic E-state index is 0.00348. The summed E-state index contributed by atoms with van der Waals surface area (Å²) >= 11 is 0. The molecule has 1 saturated heterocycles. The van der Waals surface area contributed by atoms with Gasteiger partial charge in [0.2, 0.25) is 0 Å². The number of anilines is 1. The summed E-state index contributed by atoms with van der Waals surface area (Å²) in [6, 6.07) is 7.17. The van der Waals surface area contributed by atoms with E-state index in [1.807, 2.05) is 0 Å². The van der Waals surface area contributed by atoms with Crippen molar-refractivity contribution in [2.75, 3.05) is 37.6 Å². The number of hydroxylamine groups is 3. The van der Waals surface area contributed by atoms with Crippen LogP contribution in [0, 0.1) is 5.21 Å². The van der Waals surface area contributed by atoms with Crippen LogP contribution in [0.2, 0.25) is 0 Å². The molecule has 4 heteroatoms. The Morgan fingerprint density at radius 3 is 2.19 bits per heavy atom. The number of allylic oxidation sites excluding steroid dienone is 5. The molecular weight excluding hydrogens is 454 g/mol. The molecule has 2 heterocycles. The molecule has 0 radical (unpaired) electrons. The Kier molecular flexibility index (Phi) is 10.1. The van der Waals surface area contributed by atoms with Gasteiger partial charge in [0.15, 0.2) is 0 Å². The molecule has 1 aromatic rings. The molecule has 4 nitrogen and oxygen atoms in total. The predicted molar refractivity (Wildman–Crippen MR) is 158 cm³/mol. The molecule has 3 aliphatic rings. The minimum Gasteiger partial charge on any atom is -0.632 e. The highest BCUT2D eigenvalue weighted by Crippen LogP contribution is 2.38. The maximum atomic E-state index is 13.6. The third-order valence-corrected chi connectivity index (χ3v) is 8.86. The van der Waals surface area contributed by atoms with Crippen LogP contribution in [0.25, 0.3) is 0 Å². The van der Waals surface area contributed by atoms with Crippen LogP contribution in [0.3, 0.4) is 0 Å². The monoisotopic (exact) mass is 505 g/mol. The van der Waals surface area contributed by atoms with Gasteiger partial charge >= 0.3 is 0 Å². The molecule has 0 amide bonds. The molecule has 0 bridgehead atoms. The van der Waals surface area contributed by atoms with Gasteiger partial charge in [0, 0.05) is 49.5 Å². The highest BCUT2D eigenvalue weighted by atomic mass is 16.5. The Bertz CT molecular complexity index is 975. The summed E-state index contributed by atoms with van der Waals surface area (Å²) < 4.78 is 0.00348. The molecule has 1 aliphatic carbocycles. The van der Waals surface area contributed by atoms with Crippen LogP contribution in [0.5, 0.6) is 0 Å². The number of benzene rings is 1. The first-order chi connectivity index (χ1) is 17.8. The molecule has 1 unspecified atom stereocenters. The fraction of sp³-hybridized carbons (Fsp3) is 0.636. The fourth-order valence-electron chi connectivity index (χ4n) is 6.37. The summed E-state index contributed by atoms with van der Waals surface area (Å²) in [4.78, 5) is 5.10. The SMILES string of the molecule is CC(C)=CCC/C(C)=C/CC/C(C)=C/CN1CCN(c2ccc3c(c2)C[N+]([O-])(C2CCCCC2)C3)CC1. The van der Waals surface area contributed by atoms with Gasteiger partial charge in [0.05, 0.1) is 6.04 Å². The summed E-state index contributed by atoms with van der Waals surface area (Å²) in [5.41, 5.74) is 8.35. The van der Waals surface area contributed by atoms with E-state index in [4.69, 9.17) is 0 Å². The van der Waals surface area contributed by atoms with E-state index in [0.29, 0.717) is 19.1 Å². The van der Waals surface area contributed by atoms with Crippen LogP contribution in [0.15, 0.2) is 53.1 Å². The third-order valence-electron chi connectivity index (χ3n) is 8.86. The van der Waals surface area contributed by atoms with Crippen LogP contribution < -0.4 is 4.90 Å². The third kappa shape index (κ3) is 8.05. The Balaban J connectivity index is 1.20. The van der Waals surface area contributed by atoms with Crippen LogP contribution in [0.4, 0.5) is 5.69 Å². The lowest BCUT2D eigenvalue weighted by Gasteiger charge is -2.47. The predicted octanol–water partition coefficient (Wildman–Crippen LogP) is 7.89. The first-order valence-corrected chi connectivity index (χ1v) is 14.9. The summed E-state index contributed by atoms with van der Waals surface area (Å²) in [5.74, 6) is 0. The van der Waals surface area contributed by atoms with Gasteiger partial charge < -0.3 is 14.8 Å². The van der Waals surface area contributed by atoms with E-state index in [2.05, 4.69) is 73.9 Å². The fourth-order valence-corrected chi connectivity index (χ4v) is 6.37. The number of rotatable bonds is 10. The first kappa shape index (κ1) is 28.1. The Morgan fingerprint density at radius 1 is 0.838 bits per heavy atom. The lowest BCUT2D eigenvalue weighted by atomic mass is 9.94.